The molecule has 1 aliphatic heterocycles. The number of aliphatic imine (C=N–C) groups is 1. The third-order valence-corrected chi connectivity index (χ3v) is 12.6. The number of fused-ring (bicyclic) bond motifs is 7. The molecule has 0 radical (unpaired) electrons. The average Bonchev–Trinajstić information content (AvgIpc) is 3.68. The van der Waals surface area contributed by atoms with Crippen molar-refractivity contribution in [3.05, 3.63) is 217 Å². The molecule has 0 amide bonds. The molecule has 3 heterocycles. The van der Waals surface area contributed by atoms with Crippen LogP contribution >= 0.6 is 11.3 Å². The highest BCUT2D eigenvalue weighted by atomic mass is 32.1. The molecule has 0 N–H and O–H groups in total. The van der Waals surface area contributed by atoms with Crippen LogP contribution < -0.4 is 0 Å². The third-order valence-electron chi connectivity index (χ3n) is 11.5. The van der Waals surface area contributed by atoms with Crippen LogP contribution in [-0.4, -0.2) is 22.8 Å². The molecule has 0 saturated carbocycles. The quantitative estimate of drug-likeness (QED) is 0.158. The number of hydrogen-bond donors (Lipinski definition) is 0. The van der Waals surface area contributed by atoms with E-state index in [-0.39, 0.29) is 6.04 Å². The van der Waals surface area contributed by atoms with Gasteiger partial charge in [-0.2, -0.15) is 0 Å². The van der Waals surface area contributed by atoms with Gasteiger partial charge >= 0.3 is 0 Å². The van der Waals surface area contributed by atoms with Crippen LogP contribution in [0, 0.1) is 0 Å². The molecule has 4 heteroatoms. The van der Waals surface area contributed by atoms with Gasteiger partial charge in [0, 0.05) is 60.1 Å². The van der Waals surface area contributed by atoms with Gasteiger partial charge in [0.1, 0.15) is 5.84 Å². The van der Waals surface area contributed by atoms with Crippen LogP contribution in [-0.2, 0) is 0 Å². The lowest BCUT2D eigenvalue weighted by Crippen LogP contribution is -2.33. The van der Waals surface area contributed by atoms with E-state index in [1.54, 1.807) is 0 Å². The smallest absolute Gasteiger partial charge is 0.137 e. The number of thiophene rings is 1. The number of amidine groups is 1. The Morgan fingerprint density at radius 1 is 0.448 bits per heavy atom. The van der Waals surface area contributed by atoms with Gasteiger partial charge in [0.25, 0.3) is 0 Å². The summed E-state index contributed by atoms with van der Waals surface area (Å²) < 4.78 is 2.55. The second-order valence-corrected chi connectivity index (χ2v) is 16.1. The molecular formula is C54H37N3S. The van der Waals surface area contributed by atoms with Gasteiger partial charge in [0.2, 0.25) is 0 Å². The van der Waals surface area contributed by atoms with Crippen molar-refractivity contribution in [1.29, 1.82) is 0 Å². The zero-order valence-corrected chi connectivity index (χ0v) is 32.7. The Kier molecular flexibility index (Phi) is 8.30. The summed E-state index contributed by atoms with van der Waals surface area (Å²) in [5, 5.41) is 6.17. The lowest BCUT2D eigenvalue weighted by molar-refractivity contribution is 0.435. The molecule has 2 aromatic heterocycles. The molecule has 3 nitrogen and oxygen atoms in total. The van der Waals surface area contributed by atoms with E-state index in [2.05, 4.69) is 212 Å². The van der Waals surface area contributed by atoms with E-state index in [0.717, 1.165) is 39.4 Å². The van der Waals surface area contributed by atoms with Crippen LogP contribution in [0.25, 0.3) is 81.1 Å². The summed E-state index contributed by atoms with van der Waals surface area (Å²) in [6.45, 7) is 0. The van der Waals surface area contributed by atoms with Gasteiger partial charge in [-0.1, -0.05) is 158 Å². The predicted molar refractivity (Wildman–Crippen MR) is 246 cm³/mol. The molecule has 10 aromatic rings. The molecule has 0 spiro atoms. The van der Waals surface area contributed by atoms with E-state index < -0.39 is 0 Å². The van der Waals surface area contributed by atoms with Gasteiger partial charge < -0.3 is 4.90 Å². The second-order valence-electron chi connectivity index (χ2n) is 15.0. The zero-order valence-electron chi connectivity index (χ0n) is 31.9. The number of hydrogen-bond acceptors (Lipinski definition) is 4. The van der Waals surface area contributed by atoms with Crippen LogP contribution in [0.3, 0.4) is 0 Å². The first-order valence-corrected chi connectivity index (χ1v) is 20.6. The molecular weight excluding hydrogens is 723 g/mol. The van der Waals surface area contributed by atoms with E-state index in [1.807, 2.05) is 11.3 Å². The Morgan fingerprint density at radius 3 is 1.76 bits per heavy atom. The standard InChI is InChI=1S/C54H37N3S/c1-57-48(34-47(40-23-13-21-38(31-40)35-15-5-2-6-16-35)56-54(57)42-24-14-22-39(32-42)36-17-7-3-8-18-36)41-27-29-49-45(33-41)52-50(58-49)30-28-44-51(52)43-25-11-12-26-46(43)55-53(44)37-19-9-4-10-20-37/h2-34,48H,1H3. The molecule has 1 unspecified atom stereocenters. The highest BCUT2D eigenvalue weighted by Crippen LogP contribution is 2.45. The Morgan fingerprint density at radius 2 is 1.03 bits per heavy atom. The van der Waals surface area contributed by atoms with Crippen molar-refractivity contribution in [2.75, 3.05) is 7.05 Å². The lowest BCUT2D eigenvalue weighted by atomic mass is 9.94. The van der Waals surface area contributed by atoms with Crippen molar-refractivity contribution in [2.24, 2.45) is 4.99 Å². The molecule has 0 aliphatic carbocycles. The molecule has 0 fully saturated rings. The summed E-state index contributed by atoms with van der Waals surface area (Å²) in [6, 6.07) is 69.5. The first kappa shape index (κ1) is 34.1. The van der Waals surface area contributed by atoms with Crippen molar-refractivity contribution in [1.82, 2.24) is 9.88 Å². The van der Waals surface area contributed by atoms with E-state index >= 15 is 0 Å². The average molecular weight is 760 g/mol. The van der Waals surface area contributed by atoms with Crippen molar-refractivity contribution < 1.29 is 0 Å². The summed E-state index contributed by atoms with van der Waals surface area (Å²) in [4.78, 5) is 13.1. The summed E-state index contributed by atoms with van der Waals surface area (Å²) in [6.07, 6.45) is 2.34. The Balaban J connectivity index is 1.11. The van der Waals surface area contributed by atoms with Crippen molar-refractivity contribution in [3.63, 3.8) is 0 Å². The van der Waals surface area contributed by atoms with Crippen LogP contribution in [0.2, 0.25) is 0 Å². The Bertz CT molecular complexity index is 3240. The number of benzene rings is 8. The first-order valence-electron chi connectivity index (χ1n) is 19.7. The van der Waals surface area contributed by atoms with E-state index in [4.69, 9.17) is 9.98 Å². The van der Waals surface area contributed by atoms with Crippen LogP contribution in [0.1, 0.15) is 22.7 Å². The number of likely N-dealkylation sites (N-methyl/N-ethyl adjacent to an activating group) is 1. The SMILES string of the molecule is CN1C(c2cccc(-c3ccccc3)c2)=NC(c2cccc(-c3ccccc3)c2)=CC1c1ccc2sc3ccc4c(-c5ccccc5)nc5ccccc5c4c3c2c1. The fourth-order valence-electron chi connectivity index (χ4n) is 8.66. The topological polar surface area (TPSA) is 28.5 Å². The molecule has 274 valence electrons. The lowest BCUT2D eigenvalue weighted by Gasteiger charge is -2.33. The number of rotatable bonds is 6. The van der Waals surface area contributed by atoms with Gasteiger partial charge in [-0.3, -0.25) is 0 Å². The Labute approximate surface area is 341 Å². The maximum absolute atomic E-state index is 5.46. The van der Waals surface area contributed by atoms with Gasteiger partial charge in [-0.25, -0.2) is 9.98 Å². The monoisotopic (exact) mass is 759 g/mol. The summed E-state index contributed by atoms with van der Waals surface area (Å²) in [5.74, 6) is 0.940. The van der Waals surface area contributed by atoms with Gasteiger partial charge in [-0.15, -0.1) is 11.3 Å². The zero-order chi connectivity index (χ0) is 38.6. The van der Waals surface area contributed by atoms with Crippen LogP contribution in [0.5, 0.6) is 0 Å². The van der Waals surface area contributed by atoms with Crippen LogP contribution in [0.4, 0.5) is 0 Å². The van der Waals surface area contributed by atoms with Gasteiger partial charge in [0.15, 0.2) is 0 Å². The fourth-order valence-corrected chi connectivity index (χ4v) is 9.75. The molecule has 0 saturated heterocycles. The molecule has 1 atom stereocenters. The first-order chi connectivity index (χ1) is 28.7. The van der Waals surface area contributed by atoms with E-state index in [0.29, 0.717) is 0 Å². The maximum atomic E-state index is 5.46. The summed E-state index contributed by atoms with van der Waals surface area (Å²) in [7, 11) is 2.18. The normalized spacial score (nSPS) is 14.3. The minimum atomic E-state index is -0.0733. The van der Waals surface area contributed by atoms with Crippen molar-refractivity contribution >= 4 is 64.7 Å². The van der Waals surface area contributed by atoms with E-state index in [1.165, 1.54) is 64.1 Å². The van der Waals surface area contributed by atoms with Gasteiger partial charge in [0.05, 0.1) is 22.9 Å². The predicted octanol–water partition coefficient (Wildman–Crippen LogP) is 14.2. The second kappa shape index (κ2) is 14.1. The number of pyridine rings is 1. The number of aromatic nitrogens is 1. The minimum Gasteiger partial charge on any atom is -0.349 e. The maximum Gasteiger partial charge on any atom is 0.137 e. The molecule has 0 bridgehead atoms. The van der Waals surface area contributed by atoms with E-state index in [9.17, 15) is 0 Å². The summed E-state index contributed by atoms with van der Waals surface area (Å²) >= 11 is 1.86. The van der Waals surface area contributed by atoms with Crippen LogP contribution in [0.15, 0.2) is 205 Å². The van der Waals surface area contributed by atoms with Gasteiger partial charge in [-0.05, 0) is 70.3 Å². The number of nitrogens with zero attached hydrogens (tertiary/aromatic N) is 3. The fraction of sp³-hybridized carbons (Fsp3) is 0.0370. The number of para-hydroxylation sites is 1. The highest BCUT2D eigenvalue weighted by Gasteiger charge is 2.27. The Hall–Kier alpha value is -7.14. The minimum absolute atomic E-state index is 0.0733. The molecule has 8 aromatic carbocycles. The summed E-state index contributed by atoms with van der Waals surface area (Å²) in [5.41, 5.74) is 12.2. The molecule has 1 aliphatic rings. The van der Waals surface area contributed by atoms with Crippen molar-refractivity contribution in [3.8, 4) is 33.5 Å². The molecule has 11 rings (SSSR count). The van der Waals surface area contributed by atoms with Crippen molar-refractivity contribution in [2.45, 2.75) is 6.04 Å². The largest absolute Gasteiger partial charge is 0.349 e. The highest BCUT2D eigenvalue weighted by molar-refractivity contribution is 7.26. The third kappa shape index (κ3) is 5.89. The molecule has 58 heavy (non-hydrogen) atoms.